The maximum atomic E-state index is 13.4. The molecule has 32 heteroatoms. The van der Waals surface area contributed by atoms with Crippen LogP contribution in [0.25, 0.3) is 0 Å². The van der Waals surface area contributed by atoms with E-state index in [2.05, 4.69) is 62.8 Å². The number of aryl methyl sites for hydroxylation is 6. The average molecular weight is 1290 g/mol. The van der Waals surface area contributed by atoms with E-state index in [9.17, 15) is 47.9 Å². The lowest BCUT2D eigenvalue weighted by Crippen LogP contribution is -2.35. The summed E-state index contributed by atoms with van der Waals surface area (Å²) in [7, 11) is 15.1. The molecule has 1 saturated heterocycles. The molecule has 1 aromatic carbocycles. The lowest BCUT2D eigenvalue weighted by atomic mass is 10.1. The van der Waals surface area contributed by atoms with Crippen LogP contribution in [0, 0.1) is 0 Å². The van der Waals surface area contributed by atoms with E-state index < -0.39 is 41.4 Å². The van der Waals surface area contributed by atoms with Gasteiger partial charge in [0.1, 0.15) is 22.8 Å². The van der Waals surface area contributed by atoms with Crippen LogP contribution in [0.15, 0.2) is 78.6 Å². The molecular weight excluding hydrogens is 1220 g/mol. The normalized spacial score (nSPS) is 13.1. The molecule has 2 aliphatic heterocycles. The third kappa shape index (κ3) is 16.6. The molecule has 0 saturated carbocycles. The first kappa shape index (κ1) is 67.1. The van der Waals surface area contributed by atoms with Crippen molar-refractivity contribution in [3.63, 3.8) is 0 Å². The minimum atomic E-state index is -0.651. The number of hydrogen-bond donors (Lipinski definition) is 9. The van der Waals surface area contributed by atoms with Crippen LogP contribution in [-0.4, -0.2) is 179 Å². The molecule has 9 rings (SSSR count). The van der Waals surface area contributed by atoms with Gasteiger partial charge in [0.15, 0.2) is 23.1 Å². The van der Waals surface area contributed by atoms with E-state index in [1.807, 2.05) is 23.9 Å². The summed E-state index contributed by atoms with van der Waals surface area (Å²) in [4.78, 5) is 148. The van der Waals surface area contributed by atoms with Gasteiger partial charge >= 0.3 is 0 Å². The second-order valence-corrected chi connectivity index (χ2v) is 22.9. The van der Waals surface area contributed by atoms with Crippen LogP contribution in [0.1, 0.15) is 118 Å². The number of carbonyl (C=O) groups is 10. The van der Waals surface area contributed by atoms with Gasteiger partial charge in [-0.25, -0.2) is 9.97 Å². The van der Waals surface area contributed by atoms with E-state index in [1.54, 1.807) is 94.4 Å². The molecule has 6 aromatic heterocycles. The van der Waals surface area contributed by atoms with E-state index in [4.69, 9.17) is 9.47 Å². The first-order valence-electron chi connectivity index (χ1n) is 30.2. The molecule has 10 amide bonds. The summed E-state index contributed by atoms with van der Waals surface area (Å²) in [5.74, 6) is -3.70. The molecule has 496 valence electrons. The smallest absolute Gasteiger partial charge is 0.291 e. The van der Waals surface area contributed by atoms with Gasteiger partial charge in [-0.05, 0) is 76.7 Å². The first-order chi connectivity index (χ1) is 44.9. The Morgan fingerprint density at radius 3 is 1.56 bits per heavy atom. The fourth-order valence-corrected chi connectivity index (χ4v) is 10.6. The Hall–Kier alpha value is -11.3. The molecule has 0 unspecified atom stereocenters. The molecule has 9 N–H and O–H groups in total. The first-order valence-corrected chi connectivity index (χ1v) is 30.2. The Labute approximate surface area is 539 Å². The Morgan fingerprint density at radius 2 is 1.00 bits per heavy atom. The Morgan fingerprint density at radius 1 is 0.521 bits per heavy atom. The predicted molar refractivity (Wildman–Crippen MR) is 347 cm³/mol. The quantitative estimate of drug-likeness (QED) is 0.0317. The number of rotatable bonds is 28. The standard InChI is InChI=1S/C62H76N20O12/c1-75(2)20-12-17-63-56(86)43-25-38(32-76(43)3)69-58(88)45-23-37(31-78(45)5)68-52(84)15-18-64-57(87)44-26-39(33-77(44)4)70-61(91)55-72-49(34-81(55)8)71-53(85)16-19-65-60(90)54-73-50(35-80(54)7)74-59(89)46-24-36(30-79(46)6)67-51(83)14-11-22-94-48-28-42-41(27-47(48)93-9)62(92)82-21-10-13-40(82)29-66-42/h23-35,40H,10-22H2,1-9H3,(H,63,86)(H,64,87)(H,65,90)(H,67,83)(H,68,84)(H,69,88)(H,70,91)(H,71,85)(H,74,89)/t40-/m0/s1. The minimum Gasteiger partial charge on any atom is -0.493 e. The van der Waals surface area contributed by atoms with Gasteiger partial charge in [0, 0.05) is 137 Å². The van der Waals surface area contributed by atoms with Crippen molar-refractivity contribution in [2.24, 2.45) is 47.3 Å². The number of nitrogens with zero attached hydrogens (tertiary/aromatic N) is 11. The van der Waals surface area contributed by atoms with Crippen LogP contribution < -0.4 is 57.3 Å². The average Bonchev–Trinajstić information content (AvgIpc) is 1.56. The molecule has 32 nitrogen and oxygen atoms in total. The highest BCUT2D eigenvalue weighted by atomic mass is 16.5. The topological polar surface area (TPSA) is 372 Å². The van der Waals surface area contributed by atoms with Crippen molar-refractivity contribution in [1.82, 2.24) is 63.1 Å². The van der Waals surface area contributed by atoms with Gasteiger partial charge in [-0.15, -0.1) is 0 Å². The maximum Gasteiger partial charge on any atom is 0.291 e. The minimum absolute atomic E-state index is 0.0391. The lowest BCUT2D eigenvalue weighted by molar-refractivity contribution is -0.117. The Bertz CT molecular complexity index is 4100. The molecule has 1 atom stereocenters. The third-order valence-electron chi connectivity index (χ3n) is 15.3. The summed E-state index contributed by atoms with van der Waals surface area (Å²) in [6.45, 7) is 2.02. The summed E-state index contributed by atoms with van der Waals surface area (Å²) in [6.07, 6.45) is 13.7. The highest BCUT2D eigenvalue weighted by Crippen LogP contribution is 2.38. The Balaban J connectivity index is 0.662. The number of amides is 10. The zero-order valence-corrected chi connectivity index (χ0v) is 53.6. The van der Waals surface area contributed by atoms with Crippen molar-refractivity contribution in [3.05, 3.63) is 114 Å². The number of nitrogens with one attached hydrogen (secondary N) is 9. The number of aromatic nitrogens is 8. The Kier molecular flexibility index (Phi) is 21.2. The van der Waals surface area contributed by atoms with Gasteiger partial charge in [-0.2, -0.15) is 0 Å². The zero-order chi connectivity index (χ0) is 67.5. The molecule has 94 heavy (non-hydrogen) atoms. The number of ether oxygens (including phenoxy) is 2. The van der Waals surface area contributed by atoms with Crippen molar-refractivity contribution in [3.8, 4) is 11.5 Å². The second-order valence-electron chi connectivity index (χ2n) is 22.9. The fraction of sp³-hybridized carbons (Fsp3) is 0.371. The van der Waals surface area contributed by atoms with Gasteiger partial charge in [0.05, 0.1) is 53.8 Å². The second kappa shape index (κ2) is 29.8. The number of methoxy groups -OCH3 is 1. The van der Waals surface area contributed by atoms with Gasteiger partial charge in [-0.1, -0.05) is 0 Å². The molecular formula is C62H76N20O12. The van der Waals surface area contributed by atoms with E-state index in [1.165, 1.54) is 62.2 Å². The van der Waals surface area contributed by atoms with Crippen molar-refractivity contribution in [1.29, 1.82) is 0 Å². The van der Waals surface area contributed by atoms with Gasteiger partial charge < -0.3 is 94.5 Å². The van der Waals surface area contributed by atoms with Crippen molar-refractivity contribution < 1.29 is 57.4 Å². The monoisotopic (exact) mass is 1290 g/mol. The van der Waals surface area contributed by atoms with Gasteiger partial charge in [0.25, 0.3) is 41.4 Å². The number of anilines is 6. The van der Waals surface area contributed by atoms with E-state index in [0.29, 0.717) is 65.0 Å². The molecule has 0 aliphatic carbocycles. The summed E-state index contributed by atoms with van der Waals surface area (Å²) < 4.78 is 20.5. The summed E-state index contributed by atoms with van der Waals surface area (Å²) in [6, 6.07) is 9.30. The van der Waals surface area contributed by atoms with Crippen molar-refractivity contribution in [2.75, 3.05) is 92.4 Å². The van der Waals surface area contributed by atoms with Crippen LogP contribution in [0.5, 0.6) is 11.5 Å². The molecule has 2 aliphatic rings. The van der Waals surface area contributed by atoms with Crippen LogP contribution in [0.4, 0.5) is 40.1 Å². The van der Waals surface area contributed by atoms with Crippen LogP contribution in [-0.2, 0) is 56.7 Å². The van der Waals surface area contributed by atoms with Crippen LogP contribution in [0.2, 0.25) is 0 Å². The number of benzene rings is 1. The highest BCUT2D eigenvalue weighted by molar-refractivity contribution is 6.08. The highest BCUT2D eigenvalue weighted by Gasteiger charge is 2.33. The van der Waals surface area contributed by atoms with E-state index >= 15 is 0 Å². The van der Waals surface area contributed by atoms with Crippen molar-refractivity contribution in [2.45, 2.75) is 51.0 Å². The van der Waals surface area contributed by atoms with Crippen molar-refractivity contribution >= 4 is 105 Å². The summed E-state index contributed by atoms with van der Waals surface area (Å²) in [5.41, 5.74) is 3.33. The van der Waals surface area contributed by atoms with Crippen LogP contribution in [0.3, 0.4) is 0 Å². The number of imidazole rings is 2. The maximum absolute atomic E-state index is 13.4. The third-order valence-corrected chi connectivity index (χ3v) is 15.3. The summed E-state index contributed by atoms with van der Waals surface area (Å²) in [5, 5.41) is 24.5. The molecule has 8 heterocycles. The lowest BCUT2D eigenvalue weighted by Gasteiger charge is -2.20. The molecule has 0 radical (unpaired) electrons. The predicted octanol–water partition coefficient (Wildman–Crippen LogP) is 3.59. The summed E-state index contributed by atoms with van der Waals surface area (Å²) >= 11 is 0. The molecule has 0 spiro atoms. The van der Waals surface area contributed by atoms with E-state index in [-0.39, 0.29) is 109 Å². The molecule has 0 bridgehead atoms. The number of carbonyl (C=O) groups excluding carboxylic acids is 10. The molecule has 1 fully saturated rings. The zero-order valence-electron chi connectivity index (χ0n) is 53.6. The van der Waals surface area contributed by atoms with Crippen LogP contribution >= 0.6 is 0 Å². The molecule has 7 aromatic rings. The van der Waals surface area contributed by atoms with Gasteiger partial charge in [0.2, 0.25) is 29.4 Å². The number of hydrogen-bond acceptors (Lipinski definition) is 16. The van der Waals surface area contributed by atoms with E-state index in [0.717, 1.165) is 25.8 Å². The number of aliphatic imine (C=N–C) groups is 1. The largest absolute Gasteiger partial charge is 0.493 e. The fourth-order valence-electron chi connectivity index (χ4n) is 10.6. The van der Waals surface area contributed by atoms with Gasteiger partial charge in [-0.3, -0.25) is 52.9 Å². The SMILES string of the molecule is COc1cc2c(cc1OCCCC(=O)Nc1cc(C(=O)Nc3cn(C)c(C(=O)NCCC(=O)Nc4cn(C)c(C(=O)Nc5cc(C(=O)NCCC(=O)Nc6cc(C(=O)Nc7cc(C(=O)NCCCN(C)C)n(C)c7)n(C)c6)n(C)c5)n4)n3)n(C)c1)N=C[C@@H]1CCCN1C2=O. The number of fused-ring (bicyclic) bond motifs is 2.